The Balaban J connectivity index is 0.000000146. The molecule has 6 bridgehead atoms. The number of benzene rings is 6. The van der Waals surface area contributed by atoms with Crippen molar-refractivity contribution in [3.63, 3.8) is 0 Å². The van der Waals surface area contributed by atoms with Crippen LogP contribution in [0.4, 0.5) is 0 Å². The van der Waals surface area contributed by atoms with Crippen LogP contribution in [0.5, 0.6) is 0 Å². The normalized spacial score (nSPS) is 26.2. The zero-order chi connectivity index (χ0) is 60.0. The molecular formula is C69H76Br3ClO12. The summed E-state index contributed by atoms with van der Waals surface area (Å²) < 4.78 is 47.2. The molecular weight excluding hydrogens is 1300 g/mol. The molecule has 6 aromatic carbocycles. The molecule has 85 heavy (non-hydrogen) atoms. The predicted octanol–water partition coefficient (Wildman–Crippen LogP) is 13.1. The Kier molecular flexibility index (Phi) is 23.3. The first kappa shape index (κ1) is 64.8. The first-order valence-electron chi connectivity index (χ1n) is 29.3. The molecule has 6 aliphatic rings. The minimum absolute atomic E-state index is 0.0359. The third-order valence-electron chi connectivity index (χ3n) is 16.7. The molecule has 12 nitrogen and oxygen atoms in total. The molecule has 0 radical (unpaired) electrons. The Morgan fingerprint density at radius 1 is 0.435 bits per heavy atom. The molecule has 1 unspecified atom stereocenters. The minimum Gasteiger partial charge on any atom is -0.455 e. The fourth-order valence-corrected chi connectivity index (χ4v) is 13.1. The number of esters is 2. The number of ether oxygens (including phenoxy) is 8. The van der Waals surface area contributed by atoms with Crippen molar-refractivity contribution in [3.05, 3.63) is 215 Å². The van der Waals surface area contributed by atoms with Gasteiger partial charge in [0.15, 0.2) is 31.1 Å². The molecule has 0 amide bonds. The van der Waals surface area contributed by atoms with Crippen molar-refractivity contribution in [1.82, 2.24) is 0 Å². The number of hydrogen-bond acceptors (Lipinski definition) is 12. The van der Waals surface area contributed by atoms with Crippen LogP contribution in [0.2, 0.25) is 0 Å². The van der Waals surface area contributed by atoms with Crippen LogP contribution in [0.15, 0.2) is 182 Å². The molecule has 6 aliphatic heterocycles. The minimum atomic E-state index is -0.610. The van der Waals surface area contributed by atoms with E-state index in [1.165, 1.54) is 33.4 Å². The van der Waals surface area contributed by atoms with Crippen LogP contribution in [0.25, 0.3) is 0 Å². The first-order valence-corrected chi connectivity index (χ1v) is 32.4. The number of carbonyl (C=O) groups excluding carboxylic acids is 3. The average molecular weight is 1370 g/mol. The van der Waals surface area contributed by atoms with Crippen molar-refractivity contribution in [2.75, 3.05) is 19.8 Å². The molecule has 0 aromatic heterocycles. The number of alkyl halides is 3. The molecule has 0 saturated carbocycles. The average Bonchev–Trinajstić information content (AvgIpc) is 2.54. The maximum atomic E-state index is 12.5. The van der Waals surface area contributed by atoms with Crippen LogP contribution in [-0.4, -0.2) is 112 Å². The van der Waals surface area contributed by atoms with Crippen molar-refractivity contribution >= 4 is 76.6 Å². The maximum absolute atomic E-state index is 12.5. The standard InChI is InChI=1S/2C23H25BrO4.C20H22O3.C3H4BrClO/c2*1-16(24)21(25)28-20-22-26-15-19(27-22)14-23(20,12-17-8-4-2-5-9-17)13-18-10-6-3-7-11-18;21-18-19-22-14-17(23-19)13-20(18,11-15-7-3-1-4-8-15)12-16-9-5-2-6-10-16;1-2(4)3(5)6/h2*2-11,16,19-20,22H,12-15H2,1H3;1-10,17-19,21H,11-14H2;2H,1H3/t16-,19+,20-,22-;16-,19-,20+,22+;17-,18+,19+;/m100./s1. The molecule has 6 saturated heterocycles. The van der Waals surface area contributed by atoms with Gasteiger partial charge in [-0.15, -0.1) is 0 Å². The van der Waals surface area contributed by atoms with Gasteiger partial charge in [0.25, 0.3) is 0 Å². The predicted molar refractivity (Wildman–Crippen MR) is 338 cm³/mol. The second kappa shape index (κ2) is 30.5. The quantitative estimate of drug-likeness (QED) is 0.0527. The fourth-order valence-electron chi connectivity index (χ4n) is 12.8. The summed E-state index contributed by atoms with van der Waals surface area (Å²) in [6.07, 6.45) is 4.43. The van der Waals surface area contributed by atoms with E-state index in [4.69, 9.17) is 49.5 Å². The van der Waals surface area contributed by atoms with Crippen LogP contribution in [0, 0.1) is 16.2 Å². The maximum Gasteiger partial charge on any atom is 0.319 e. The highest BCUT2D eigenvalue weighted by Gasteiger charge is 2.58. The molecule has 0 aliphatic carbocycles. The number of halogens is 4. The Morgan fingerprint density at radius 2 is 0.671 bits per heavy atom. The number of aliphatic hydroxyl groups is 1. The van der Waals surface area contributed by atoms with Crippen molar-refractivity contribution in [2.45, 2.75) is 149 Å². The second-order valence-corrected chi connectivity index (χ2v) is 27.9. The van der Waals surface area contributed by atoms with Gasteiger partial charge in [0, 0.05) is 16.2 Å². The van der Waals surface area contributed by atoms with Gasteiger partial charge in [-0.05, 0) is 124 Å². The molecule has 1 N–H and O–H groups in total. The number of fused-ring (bicyclic) bond motifs is 6. The largest absolute Gasteiger partial charge is 0.455 e. The van der Waals surface area contributed by atoms with E-state index in [1.54, 1.807) is 20.8 Å². The lowest BCUT2D eigenvalue weighted by atomic mass is 9.67. The third kappa shape index (κ3) is 17.4. The first-order chi connectivity index (χ1) is 41.0. The van der Waals surface area contributed by atoms with Gasteiger partial charge in [-0.2, -0.15) is 0 Å². The molecule has 6 heterocycles. The third-order valence-corrected chi connectivity index (χ3v) is 18.4. The summed E-state index contributed by atoms with van der Waals surface area (Å²) in [7, 11) is 0. The second-order valence-electron chi connectivity index (χ2n) is 23.4. The highest BCUT2D eigenvalue weighted by atomic mass is 79.9. The summed E-state index contributed by atoms with van der Waals surface area (Å²) in [5.41, 5.74) is 6.61. The van der Waals surface area contributed by atoms with Crippen LogP contribution in [0.1, 0.15) is 73.4 Å². The highest BCUT2D eigenvalue weighted by molar-refractivity contribution is 9.10. The van der Waals surface area contributed by atoms with Crippen LogP contribution < -0.4 is 0 Å². The zero-order valence-corrected chi connectivity index (χ0v) is 53.7. The van der Waals surface area contributed by atoms with Gasteiger partial charge in [-0.1, -0.05) is 230 Å². The van der Waals surface area contributed by atoms with Crippen molar-refractivity contribution in [2.24, 2.45) is 16.2 Å². The Labute approximate surface area is 530 Å². The number of carbonyl (C=O) groups is 3. The van der Waals surface area contributed by atoms with Crippen LogP contribution >= 0.6 is 59.4 Å². The highest BCUT2D eigenvalue weighted by Crippen LogP contribution is 2.50. The number of aliphatic hydroxyl groups excluding tert-OH is 1. The Bertz CT molecular complexity index is 2760. The van der Waals surface area contributed by atoms with E-state index in [2.05, 4.69) is 193 Å². The van der Waals surface area contributed by atoms with Gasteiger partial charge in [-0.25, -0.2) is 0 Å². The van der Waals surface area contributed by atoms with Gasteiger partial charge >= 0.3 is 11.9 Å². The summed E-state index contributed by atoms with van der Waals surface area (Å²) in [5, 5.41) is 10.6. The van der Waals surface area contributed by atoms with Crippen LogP contribution in [-0.2, 0) is 90.8 Å². The van der Waals surface area contributed by atoms with Gasteiger partial charge < -0.3 is 43.0 Å². The van der Waals surface area contributed by atoms with E-state index in [-0.39, 0.29) is 66.2 Å². The lowest BCUT2D eigenvalue weighted by Gasteiger charge is -2.46. The summed E-state index contributed by atoms with van der Waals surface area (Å²) in [5.74, 6) is -0.568. The summed E-state index contributed by atoms with van der Waals surface area (Å²) >= 11 is 14.6. The number of hydrogen-bond donors (Lipinski definition) is 1. The Hall–Kier alpha value is -4.62. The molecule has 6 aromatic rings. The van der Waals surface area contributed by atoms with Crippen LogP contribution in [0.3, 0.4) is 0 Å². The van der Waals surface area contributed by atoms with Gasteiger partial charge in [0.2, 0.25) is 5.24 Å². The van der Waals surface area contributed by atoms with E-state index >= 15 is 0 Å². The molecule has 6 fully saturated rings. The van der Waals surface area contributed by atoms with Gasteiger partial charge in [0.05, 0.1) is 43.0 Å². The zero-order valence-electron chi connectivity index (χ0n) is 48.2. The Morgan fingerprint density at radius 3 is 0.929 bits per heavy atom. The van der Waals surface area contributed by atoms with Gasteiger partial charge in [0.1, 0.15) is 15.8 Å². The van der Waals surface area contributed by atoms with E-state index < -0.39 is 37.2 Å². The van der Waals surface area contributed by atoms with Crippen molar-refractivity contribution in [3.8, 4) is 0 Å². The topological polar surface area (TPSA) is 145 Å². The summed E-state index contributed by atoms with van der Waals surface area (Å²) in [6, 6.07) is 62.4. The SMILES string of the molecule is CC(Br)C(=O)Cl.C[C@@H](Br)C(=O)O[C@@H]1[C@@H]2OC[C@H](CC1(Cc1ccccc1)Cc1ccccc1)O2.C[C@H](Br)C(=O)O[C@@H]1[C@@H]2OC[C@H](CC1(Cc1ccccc1)Cc1ccccc1)O2.O[C@@H]1[C@@H]2OC[C@H](CC1(Cc1ccccc1)Cc1ccccc1)O2. The fraction of sp³-hybridized carbons (Fsp3) is 0.435. The summed E-state index contributed by atoms with van der Waals surface area (Å²) in [6.45, 7) is 6.92. The molecule has 452 valence electrons. The van der Waals surface area contributed by atoms with E-state index in [0.717, 1.165) is 57.8 Å². The van der Waals surface area contributed by atoms with Crippen molar-refractivity contribution < 1.29 is 57.4 Å². The molecule has 12 rings (SSSR count). The van der Waals surface area contributed by atoms with Gasteiger partial charge in [-0.3, -0.25) is 14.4 Å². The van der Waals surface area contributed by atoms with E-state index in [0.29, 0.717) is 19.8 Å². The molecule has 16 heteroatoms. The lowest BCUT2D eigenvalue weighted by molar-refractivity contribution is -0.223. The number of rotatable bonds is 17. The van der Waals surface area contributed by atoms with Crippen molar-refractivity contribution in [1.29, 1.82) is 0 Å². The van der Waals surface area contributed by atoms with E-state index in [1.807, 2.05) is 36.4 Å². The lowest BCUT2D eigenvalue weighted by Crippen LogP contribution is -2.54. The smallest absolute Gasteiger partial charge is 0.319 e. The summed E-state index contributed by atoms with van der Waals surface area (Å²) in [4.78, 5) is 33.9. The van der Waals surface area contributed by atoms with E-state index in [9.17, 15) is 19.5 Å². The molecule has 0 spiro atoms. The monoisotopic (exact) mass is 1370 g/mol. The molecule has 12 atom stereocenters.